The molecule has 0 spiro atoms. The summed E-state index contributed by atoms with van der Waals surface area (Å²) in [6.07, 6.45) is 3.82. The highest BCUT2D eigenvalue weighted by molar-refractivity contribution is 7.80. The Bertz CT molecular complexity index is 1200. The molecule has 0 saturated heterocycles. The van der Waals surface area contributed by atoms with E-state index < -0.39 is 47.9 Å². The topological polar surface area (TPSA) is 257 Å². The highest BCUT2D eigenvalue weighted by atomic mass is 32.1. The normalized spacial score (nSPS) is 13.9. The predicted molar refractivity (Wildman–Crippen MR) is 160 cm³/mol. The monoisotopic (exact) mass is 591 g/mol. The number of nitrogens with two attached hydrogens (primary N) is 4. The second-order valence-corrected chi connectivity index (χ2v) is 9.97. The van der Waals surface area contributed by atoms with Crippen LogP contribution in [-0.2, 0) is 25.6 Å². The number of fused-ring (bicyclic) bond motifs is 1. The summed E-state index contributed by atoms with van der Waals surface area (Å²) in [5.41, 5.74) is 24.3. The number of aliphatic imine (C=N–C) groups is 1. The lowest BCUT2D eigenvalue weighted by Crippen LogP contribution is -2.57. The van der Waals surface area contributed by atoms with Crippen LogP contribution in [-0.4, -0.2) is 82.8 Å². The minimum atomic E-state index is -1.26. The molecule has 3 amide bonds. The molecule has 2 aromatic rings. The molecule has 4 atom stereocenters. The van der Waals surface area contributed by atoms with Gasteiger partial charge < -0.3 is 49.0 Å². The van der Waals surface area contributed by atoms with Crippen LogP contribution in [0, 0.1) is 0 Å². The van der Waals surface area contributed by atoms with Crippen LogP contribution in [0.1, 0.15) is 37.7 Å². The number of hydrogen-bond donors (Lipinski definition) is 10. The molecule has 14 nitrogen and oxygen atoms in total. The number of nitrogens with one attached hydrogen (secondary N) is 4. The molecule has 0 radical (unpaired) electrons. The molecule has 13 N–H and O–H groups in total. The molecule has 0 aliphatic rings. The molecule has 0 fully saturated rings. The fourth-order valence-electron chi connectivity index (χ4n) is 4.17. The summed E-state index contributed by atoms with van der Waals surface area (Å²) in [5, 5.41) is 18.0. The van der Waals surface area contributed by atoms with Gasteiger partial charge in [0.05, 0.1) is 6.04 Å². The number of carbonyl (C=O) groups is 4. The SMILES string of the molecule is NCCCCC(NC(=O)C(CCCN=C(N)N)NC(=O)C(N)Cc1c[nH]c2ccccc12)C(=O)NC(CS)C(=O)O. The van der Waals surface area contributed by atoms with Crippen molar-refractivity contribution in [1.82, 2.24) is 20.9 Å². The van der Waals surface area contributed by atoms with E-state index in [-0.39, 0.29) is 37.5 Å². The largest absolute Gasteiger partial charge is 0.480 e. The predicted octanol–water partition coefficient (Wildman–Crippen LogP) is -1.31. The van der Waals surface area contributed by atoms with E-state index in [1.165, 1.54) is 0 Å². The van der Waals surface area contributed by atoms with Crippen LogP contribution >= 0.6 is 12.6 Å². The van der Waals surface area contributed by atoms with Gasteiger partial charge in [-0.3, -0.25) is 19.4 Å². The summed E-state index contributed by atoms with van der Waals surface area (Å²) in [7, 11) is 0. The van der Waals surface area contributed by atoms with Crippen LogP contribution in [0.3, 0.4) is 0 Å². The summed E-state index contributed by atoms with van der Waals surface area (Å²) in [4.78, 5) is 57.8. The number of carboxylic acids is 1. The van der Waals surface area contributed by atoms with E-state index in [4.69, 9.17) is 22.9 Å². The second-order valence-electron chi connectivity index (χ2n) is 9.61. The van der Waals surface area contributed by atoms with E-state index in [0.29, 0.717) is 25.8 Å². The minimum absolute atomic E-state index is 0.107. The Morgan fingerprint density at radius 3 is 2.15 bits per heavy atom. The first-order valence-electron chi connectivity index (χ1n) is 13.4. The molecule has 15 heteroatoms. The zero-order chi connectivity index (χ0) is 30.4. The number of amides is 3. The second kappa shape index (κ2) is 17.1. The van der Waals surface area contributed by atoms with Crippen LogP contribution in [0.5, 0.6) is 0 Å². The van der Waals surface area contributed by atoms with Gasteiger partial charge in [-0.15, -0.1) is 0 Å². The Hall–Kier alpha value is -3.82. The fourth-order valence-corrected chi connectivity index (χ4v) is 4.42. The number of guanidine groups is 1. The number of benzene rings is 1. The van der Waals surface area contributed by atoms with Gasteiger partial charge in [-0.2, -0.15) is 12.6 Å². The number of nitrogens with zero attached hydrogens (tertiary/aromatic N) is 1. The molecular formula is C26H41N9O5S. The van der Waals surface area contributed by atoms with Gasteiger partial charge in [-0.25, -0.2) is 4.79 Å². The number of thiol groups is 1. The zero-order valence-corrected chi connectivity index (χ0v) is 23.7. The number of carboxylic acid groups (broad SMARTS) is 1. The van der Waals surface area contributed by atoms with E-state index in [1.807, 2.05) is 24.3 Å². The van der Waals surface area contributed by atoms with Crippen molar-refractivity contribution in [2.24, 2.45) is 27.9 Å². The van der Waals surface area contributed by atoms with Crippen LogP contribution in [0.4, 0.5) is 0 Å². The Kier molecular flexibility index (Phi) is 13.9. The number of unbranched alkanes of at least 4 members (excludes halogenated alkanes) is 1. The van der Waals surface area contributed by atoms with E-state index in [2.05, 4.69) is 38.6 Å². The first kappa shape index (κ1) is 33.4. The first-order chi connectivity index (χ1) is 19.6. The van der Waals surface area contributed by atoms with Crippen molar-refractivity contribution in [3.05, 3.63) is 36.0 Å². The van der Waals surface area contributed by atoms with Crippen LogP contribution in [0.25, 0.3) is 10.9 Å². The number of aromatic amines is 1. The molecule has 1 heterocycles. The number of para-hydroxylation sites is 1. The van der Waals surface area contributed by atoms with Crippen LogP contribution in [0.2, 0.25) is 0 Å². The van der Waals surface area contributed by atoms with Crippen LogP contribution in [0.15, 0.2) is 35.5 Å². The number of aromatic nitrogens is 1. The average Bonchev–Trinajstić information content (AvgIpc) is 3.34. The third kappa shape index (κ3) is 10.9. The standard InChI is InChI=1S/C26H41N9O5S/c27-10-4-3-8-19(24(38)35-21(14-41)25(39)40)34-23(37)20(9-5-11-31-26(29)30)33-22(36)17(28)12-15-13-32-18-7-2-1-6-16(15)18/h1-2,6-7,13,17,19-21,32,41H,3-5,8-12,14,27-28H2,(H,33,36)(H,34,37)(H,35,38)(H,39,40)(H4,29,30,31). The fraction of sp³-hybridized carbons (Fsp3) is 0.500. The summed E-state index contributed by atoms with van der Waals surface area (Å²) in [5.74, 6) is -3.37. The minimum Gasteiger partial charge on any atom is -0.480 e. The van der Waals surface area contributed by atoms with E-state index in [9.17, 15) is 24.3 Å². The molecule has 4 unspecified atom stereocenters. The van der Waals surface area contributed by atoms with Crippen molar-refractivity contribution < 1.29 is 24.3 Å². The summed E-state index contributed by atoms with van der Waals surface area (Å²) < 4.78 is 0. The van der Waals surface area contributed by atoms with Crippen molar-refractivity contribution in [3.63, 3.8) is 0 Å². The molecular weight excluding hydrogens is 550 g/mol. The highest BCUT2D eigenvalue weighted by Gasteiger charge is 2.30. The van der Waals surface area contributed by atoms with Crippen molar-refractivity contribution in [2.75, 3.05) is 18.8 Å². The molecule has 0 aliphatic heterocycles. The van der Waals surface area contributed by atoms with Crippen molar-refractivity contribution >= 4 is 53.2 Å². The van der Waals surface area contributed by atoms with Gasteiger partial charge in [-0.05, 0) is 56.7 Å². The van der Waals surface area contributed by atoms with Gasteiger partial charge in [0.25, 0.3) is 0 Å². The number of carbonyl (C=O) groups excluding carboxylic acids is 3. The third-order valence-electron chi connectivity index (χ3n) is 6.41. The average molecular weight is 592 g/mol. The molecule has 0 aliphatic carbocycles. The Morgan fingerprint density at radius 1 is 0.927 bits per heavy atom. The lowest BCUT2D eigenvalue weighted by Gasteiger charge is -2.25. The van der Waals surface area contributed by atoms with Gasteiger partial charge in [-0.1, -0.05) is 18.2 Å². The van der Waals surface area contributed by atoms with Gasteiger partial charge in [0.15, 0.2) is 5.96 Å². The molecule has 0 bridgehead atoms. The Morgan fingerprint density at radius 2 is 1.54 bits per heavy atom. The van der Waals surface area contributed by atoms with Gasteiger partial charge in [0.1, 0.15) is 18.1 Å². The summed E-state index contributed by atoms with van der Waals surface area (Å²) in [6.45, 7) is 0.598. The van der Waals surface area contributed by atoms with Crippen LogP contribution < -0.4 is 38.9 Å². The number of aliphatic carboxylic acids is 1. The van der Waals surface area contributed by atoms with Crippen molar-refractivity contribution in [3.8, 4) is 0 Å². The smallest absolute Gasteiger partial charge is 0.327 e. The summed E-state index contributed by atoms with van der Waals surface area (Å²) in [6, 6.07) is 3.29. The molecule has 41 heavy (non-hydrogen) atoms. The van der Waals surface area contributed by atoms with E-state index in [0.717, 1.165) is 16.5 Å². The highest BCUT2D eigenvalue weighted by Crippen LogP contribution is 2.19. The van der Waals surface area contributed by atoms with E-state index >= 15 is 0 Å². The molecule has 2 rings (SSSR count). The molecule has 226 valence electrons. The third-order valence-corrected chi connectivity index (χ3v) is 6.77. The molecule has 1 aromatic heterocycles. The number of hydrogen-bond acceptors (Lipinski definition) is 8. The lowest BCUT2D eigenvalue weighted by atomic mass is 10.0. The van der Waals surface area contributed by atoms with Gasteiger partial charge >= 0.3 is 5.97 Å². The van der Waals surface area contributed by atoms with Gasteiger partial charge in [0, 0.05) is 29.4 Å². The maximum absolute atomic E-state index is 13.4. The lowest BCUT2D eigenvalue weighted by molar-refractivity contribution is -0.141. The maximum Gasteiger partial charge on any atom is 0.327 e. The molecule has 0 saturated carbocycles. The van der Waals surface area contributed by atoms with Crippen molar-refractivity contribution in [2.45, 2.75) is 62.7 Å². The zero-order valence-electron chi connectivity index (χ0n) is 22.8. The number of H-pyrrole nitrogens is 1. The quantitative estimate of drug-likeness (QED) is 0.0426. The van der Waals surface area contributed by atoms with Crippen molar-refractivity contribution in [1.29, 1.82) is 0 Å². The Balaban J connectivity index is 2.16. The van der Waals surface area contributed by atoms with Gasteiger partial charge in [0.2, 0.25) is 17.7 Å². The molecule has 1 aromatic carbocycles. The number of rotatable bonds is 18. The van der Waals surface area contributed by atoms with E-state index in [1.54, 1.807) is 6.20 Å². The first-order valence-corrected chi connectivity index (χ1v) is 14.0. The Labute approximate surface area is 243 Å². The maximum atomic E-state index is 13.4. The summed E-state index contributed by atoms with van der Waals surface area (Å²) >= 11 is 3.97.